The van der Waals surface area contributed by atoms with E-state index in [1.54, 1.807) is 31.2 Å². The summed E-state index contributed by atoms with van der Waals surface area (Å²) in [6, 6.07) is 9.57. The van der Waals surface area contributed by atoms with Crippen LogP contribution in [0, 0.1) is 5.82 Å². The van der Waals surface area contributed by atoms with Gasteiger partial charge in [-0.15, -0.1) is 0 Å². The van der Waals surface area contributed by atoms with Gasteiger partial charge in [0.2, 0.25) is 11.7 Å². The van der Waals surface area contributed by atoms with Crippen LogP contribution >= 0.6 is 11.6 Å². The molecule has 1 aromatic heterocycles. The fraction of sp³-hybridized carbons (Fsp3) is 0.286. The van der Waals surface area contributed by atoms with E-state index in [4.69, 9.17) is 25.8 Å². The highest BCUT2D eigenvalue weighted by molar-refractivity contribution is 6.32. The molecular weight excluding hydrogens is 440 g/mol. The zero-order valence-electron chi connectivity index (χ0n) is 16.7. The highest BCUT2D eigenvalue weighted by Gasteiger charge is 2.31. The Bertz CT molecular complexity index is 1050. The summed E-state index contributed by atoms with van der Waals surface area (Å²) >= 11 is 5.89. The molecule has 3 aromatic rings. The summed E-state index contributed by atoms with van der Waals surface area (Å²) in [6.07, 6.45) is -4.50. The molecule has 5 nitrogen and oxygen atoms in total. The number of halogens is 5. The van der Waals surface area contributed by atoms with Crippen molar-refractivity contribution in [2.75, 3.05) is 20.3 Å². The average molecular weight is 459 g/mol. The first kappa shape index (κ1) is 22.7. The molecule has 0 saturated carbocycles. The molecular formula is C21H19ClF4N2O3. The van der Waals surface area contributed by atoms with Gasteiger partial charge in [-0.2, -0.15) is 22.7 Å². The molecule has 0 atom stereocenters. The SMILES string of the molecule is CCOc1c(F)c(-c2cccc(OC)c2)nn1CCOc1ccc(C(F)(F)F)cc1Cl. The maximum atomic E-state index is 15.0. The van der Waals surface area contributed by atoms with Crippen molar-refractivity contribution in [2.24, 2.45) is 0 Å². The fourth-order valence-electron chi connectivity index (χ4n) is 2.84. The van der Waals surface area contributed by atoms with Gasteiger partial charge in [-0.1, -0.05) is 23.7 Å². The van der Waals surface area contributed by atoms with E-state index < -0.39 is 17.6 Å². The Hall–Kier alpha value is -2.94. The Morgan fingerprint density at radius 3 is 2.52 bits per heavy atom. The summed E-state index contributed by atoms with van der Waals surface area (Å²) in [6.45, 7) is 1.98. The van der Waals surface area contributed by atoms with Crippen LogP contribution in [0.2, 0.25) is 5.02 Å². The lowest BCUT2D eigenvalue weighted by molar-refractivity contribution is -0.137. The standard InChI is InChI=1S/C21H19ClF4N2O3/c1-3-30-20-18(23)19(13-5-4-6-15(11-13)29-2)27-28(20)9-10-31-17-8-7-14(12-16(17)22)21(24,25)26/h4-8,11-12H,3,9-10H2,1-2H3. The largest absolute Gasteiger partial charge is 0.497 e. The normalized spacial score (nSPS) is 11.5. The first-order valence-electron chi connectivity index (χ1n) is 9.27. The number of nitrogens with zero attached hydrogens (tertiary/aromatic N) is 2. The molecule has 0 saturated heterocycles. The van der Waals surface area contributed by atoms with E-state index in [1.807, 2.05) is 0 Å². The third-order valence-electron chi connectivity index (χ3n) is 4.29. The molecule has 0 N–H and O–H groups in total. The van der Waals surface area contributed by atoms with Gasteiger partial charge in [-0.3, -0.25) is 0 Å². The molecule has 0 aliphatic rings. The van der Waals surface area contributed by atoms with E-state index in [9.17, 15) is 17.6 Å². The second-order valence-corrected chi connectivity index (χ2v) is 6.75. The summed E-state index contributed by atoms with van der Waals surface area (Å²) < 4.78 is 70.5. The van der Waals surface area contributed by atoms with Crippen molar-refractivity contribution in [3.63, 3.8) is 0 Å². The molecule has 31 heavy (non-hydrogen) atoms. The maximum absolute atomic E-state index is 15.0. The van der Waals surface area contributed by atoms with Crippen LogP contribution in [0.3, 0.4) is 0 Å². The molecule has 0 fully saturated rings. The molecule has 1 heterocycles. The lowest BCUT2D eigenvalue weighted by Gasteiger charge is -2.12. The predicted octanol–water partition coefficient (Wildman–Crippen LogP) is 5.85. The summed E-state index contributed by atoms with van der Waals surface area (Å²) in [5.41, 5.74) is -0.293. The molecule has 0 amide bonds. The van der Waals surface area contributed by atoms with Crippen LogP contribution in [-0.2, 0) is 12.7 Å². The highest BCUT2D eigenvalue weighted by Crippen LogP contribution is 2.35. The lowest BCUT2D eigenvalue weighted by Crippen LogP contribution is -2.12. The van der Waals surface area contributed by atoms with Crippen molar-refractivity contribution in [3.8, 4) is 28.6 Å². The molecule has 0 aliphatic heterocycles. The van der Waals surface area contributed by atoms with Gasteiger partial charge in [-0.05, 0) is 37.3 Å². The first-order chi connectivity index (χ1) is 14.7. The van der Waals surface area contributed by atoms with Gasteiger partial charge in [0.25, 0.3) is 0 Å². The van der Waals surface area contributed by atoms with Gasteiger partial charge in [0.1, 0.15) is 23.8 Å². The predicted molar refractivity (Wildman–Crippen MR) is 107 cm³/mol. The molecule has 3 rings (SSSR count). The maximum Gasteiger partial charge on any atom is 0.416 e. The summed E-state index contributed by atoms with van der Waals surface area (Å²) in [7, 11) is 1.50. The topological polar surface area (TPSA) is 45.5 Å². The highest BCUT2D eigenvalue weighted by atomic mass is 35.5. The van der Waals surface area contributed by atoms with Crippen molar-refractivity contribution >= 4 is 11.6 Å². The third kappa shape index (κ3) is 5.22. The van der Waals surface area contributed by atoms with Gasteiger partial charge in [-0.25, -0.2) is 4.68 Å². The smallest absolute Gasteiger partial charge is 0.416 e. The molecule has 0 bridgehead atoms. The van der Waals surface area contributed by atoms with E-state index in [0.29, 0.717) is 11.3 Å². The second kappa shape index (κ2) is 9.47. The van der Waals surface area contributed by atoms with Crippen LogP contribution in [0.4, 0.5) is 17.6 Å². The zero-order valence-corrected chi connectivity index (χ0v) is 17.4. The van der Waals surface area contributed by atoms with Gasteiger partial charge >= 0.3 is 6.18 Å². The Labute approximate surface area is 181 Å². The van der Waals surface area contributed by atoms with Gasteiger partial charge in [0.15, 0.2) is 0 Å². The van der Waals surface area contributed by atoms with E-state index in [2.05, 4.69) is 5.10 Å². The monoisotopic (exact) mass is 458 g/mol. The quantitative estimate of drug-likeness (QED) is 0.397. The minimum atomic E-state index is -4.50. The van der Waals surface area contributed by atoms with Crippen molar-refractivity contribution < 1.29 is 31.8 Å². The Balaban J connectivity index is 1.78. The number of benzene rings is 2. The Morgan fingerprint density at radius 2 is 1.87 bits per heavy atom. The average Bonchev–Trinajstić information content (AvgIpc) is 3.04. The van der Waals surface area contributed by atoms with Crippen LogP contribution in [-0.4, -0.2) is 30.1 Å². The number of hydrogen-bond acceptors (Lipinski definition) is 4. The number of hydrogen-bond donors (Lipinski definition) is 0. The molecule has 0 aliphatic carbocycles. The number of aromatic nitrogens is 2. The Morgan fingerprint density at radius 1 is 1.10 bits per heavy atom. The summed E-state index contributed by atoms with van der Waals surface area (Å²) in [4.78, 5) is 0. The van der Waals surface area contributed by atoms with Crippen molar-refractivity contribution in [2.45, 2.75) is 19.6 Å². The van der Waals surface area contributed by atoms with E-state index in [-0.39, 0.29) is 42.1 Å². The first-order valence-corrected chi connectivity index (χ1v) is 9.65. The van der Waals surface area contributed by atoms with Crippen molar-refractivity contribution in [3.05, 3.63) is 58.9 Å². The van der Waals surface area contributed by atoms with E-state index in [0.717, 1.165) is 18.2 Å². The van der Waals surface area contributed by atoms with Crippen molar-refractivity contribution in [1.82, 2.24) is 9.78 Å². The lowest BCUT2D eigenvalue weighted by atomic mass is 10.1. The van der Waals surface area contributed by atoms with Crippen molar-refractivity contribution in [1.29, 1.82) is 0 Å². The van der Waals surface area contributed by atoms with Crippen LogP contribution in [0.1, 0.15) is 12.5 Å². The molecule has 2 aromatic carbocycles. The number of rotatable bonds is 8. The fourth-order valence-corrected chi connectivity index (χ4v) is 3.08. The zero-order chi connectivity index (χ0) is 22.6. The molecule has 10 heteroatoms. The number of alkyl halides is 3. The van der Waals surface area contributed by atoms with Crippen LogP contribution in [0.15, 0.2) is 42.5 Å². The molecule has 166 valence electrons. The molecule has 0 spiro atoms. The van der Waals surface area contributed by atoms with Crippen LogP contribution in [0.5, 0.6) is 17.4 Å². The minimum absolute atomic E-state index is 0.0240. The Kier molecular flexibility index (Phi) is 6.94. The van der Waals surface area contributed by atoms with Crippen LogP contribution in [0.25, 0.3) is 11.3 Å². The van der Waals surface area contributed by atoms with Gasteiger partial charge in [0.05, 0.1) is 30.8 Å². The van der Waals surface area contributed by atoms with Gasteiger partial charge in [0, 0.05) is 5.56 Å². The van der Waals surface area contributed by atoms with E-state index in [1.165, 1.54) is 11.8 Å². The van der Waals surface area contributed by atoms with Gasteiger partial charge < -0.3 is 14.2 Å². The van der Waals surface area contributed by atoms with Crippen LogP contribution < -0.4 is 14.2 Å². The number of methoxy groups -OCH3 is 1. The summed E-state index contributed by atoms with van der Waals surface area (Å²) in [5, 5.41) is 4.10. The summed E-state index contributed by atoms with van der Waals surface area (Å²) in [5.74, 6) is -0.0805. The second-order valence-electron chi connectivity index (χ2n) is 6.35. The third-order valence-corrected chi connectivity index (χ3v) is 4.59. The minimum Gasteiger partial charge on any atom is -0.497 e. The van der Waals surface area contributed by atoms with E-state index >= 15 is 0 Å². The number of ether oxygens (including phenoxy) is 3. The molecule has 0 radical (unpaired) electrons. The molecule has 0 unspecified atom stereocenters.